The van der Waals surface area contributed by atoms with Crippen LogP contribution < -0.4 is 10.6 Å². The van der Waals surface area contributed by atoms with Crippen LogP contribution >= 0.6 is 0 Å². The predicted molar refractivity (Wildman–Crippen MR) is 253 cm³/mol. The zero-order valence-corrected chi connectivity index (χ0v) is 40.6. The van der Waals surface area contributed by atoms with Gasteiger partial charge in [0.15, 0.2) is 0 Å². The number of benzene rings is 2. The average molecular weight is 851 g/mol. The Morgan fingerprint density at radius 1 is 0.565 bits per heavy atom. The number of nitrogens with one attached hydrogen (secondary N) is 2. The molecule has 0 aliphatic heterocycles. The van der Waals surface area contributed by atoms with Crippen LogP contribution in [0.15, 0.2) is 60.7 Å². The lowest BCUT2D eigenvalue weighted by molar-refractivity contribution is -0.134. The Hall–Kier alpha value is -2.70. The molecular weight excluding hydrogens is 765 g/mol. The highest BCUT2D eigenvalue weighted by Gasteiger charge is 2.57. The largest absolute Gasteiger partial charge is 0.372 e. The molecule has 0 saturated heterocycles. The average Bonchev–Trinajstić information content (AvgIpc) is 3.72. The summed E-state index contributed by atoms with van der Waals surface area (Å²) in [6, 6.07) is 20.7. The number of hydrogen-bond acceptors (Lipinski definition) is 4. The summed E-state index contributed by atoms with van der Waals surface area (Å²) < 4.78 is 13.1. The van der Waals surface area contributed by atoms with E-state index in [1.54, 1.807) is 0 Å². The molecular formula is C56H86N2O4. The van der Waals surface area contributed by atoms with Crippen molar-refractivity contribution >= 4 is 11.8 Å². The van der Waals surface area contributed by atoms with Gasteiger partial charge in [0, 0.05) is 12.8 Å². The van der Waals surface area contributed by atoms with Crippen molar-refractivity contribution in [3.63, 3.8) is 0 Å². The molecule has 2 aromatic rings. The van der Waals surface area contributed by atoms with Crippen LogP contribution in [0.3, 0.4) is 0 Å². The Bertz CT molecular complexity index is 1640. The standard InChI is InChI=1S/2C28H43NO2/c2*1-19(21-9-7-6-8-10-21)29-26(30)18-20-11-12-23-22(17-20)15-16-28(5)24(23)13-14-25(28)31-27(2,3)4/h2*6-10,19-20,22-25H,11-18H2,1-5H3,(H,29,30)/t19-,20?,22?,23?,24?,25-,28?;19-,20+,22+,23+,24-,25-,28-/m00/s1. The fourth-order valence-electron chi connectivity index (χ4n) is 14.4. The van der Waals surface area contributed by atoms with Crippen LogP contribution in [-0.4, -0.2) is 35.2 Å². The van der Waals surface area contributed by atoms with E-state index in [0.717, 1.165) is 35.5 Å². The molecule has 0 aromatic heterocycles. The lowest BCUT2D eigenvalue weighted by Gasteiger charge is -2.52. The van der Waals surface area contributed by atoms with E-state index in [-0.39, 0.29) is 35.1 Å². The minimum absolute atomic E-state index is 0.0542. The van der Waals surface area contributed by atoms with Gasteiger partial charge in [-0.1, -0.05) is 74.5 Å². The molecule has 6 aliphatic carbocycles. The van der Waals surface area contributed by atoms with Gasteiger partial charge in [0.1, 0.15) is 0 Å². The smallest absolute Gasteiger partial charge is 0.220 e. The highest BCUT2D eigenvalue weighted by Crippen LogP contribution is 2.62. The summed E-state index contributed by atoms with van der Waals surface area (Å²) in [6.07, 6.45) is 20.1. The van der Waals surface area contributed by atoms with Gasteiger partial charge in [-0.3, -0.25) is 9.59 Å². The fraction of sp³-hybridized carbons (Fsp3) is 0.750. The molecule has 5 unspecified atom stereocenters. The molecule has 0 heterocycles. The molecule has 6 nitrogen and oxygen atoms in total. The molecule has 0 bridgehead atoms. The van der Waals surface area contributed by atoms with E-state index in [1.807, 2.05) is 36.4 Å². The van der Waals surface area contributed by atoms with Crippen molar-refractivity contribution in [2.24, 2.45) is 58.2 Å². The van der Waals surface area contributed by atoms with Gasteiger partial charge in [-0.15, -0.1) is 0 Å². The van der Waals surface area contributed by atoms with E-state index in [2.05, 4.69) is 104 Å². The van der Waals surface area contributed by atoms with Crippen LogP contribution in [0.25, 0.3) is 0 Å². The van der Waals surface area contributed by atoms with Gasteiger partial charge in [0.05, 0.1) is 35.5 Å². The monoisotopic (exact) mass is 851 g/mol. The Labute approximate surface area is 377 Å². The number of ether oxygens (including phenoxy) is 2. The molecule has 14 atom stereocenters. The maximum Gasteiger partial charge on any atom is 0.220 e. The van der Waals surface area contributed by atoms with Crippen LogP contribution in [0.1, 0.15) is 195 Å². The minimum Gasteiger partial charge on any atom is -0.372 e. The summed E-state index contributed by atoms with van der Waals surface area (Å²) >= 11 is 0. The second-order valence-electron chi connectivity index (χ2n) is 23.9. The predicted octanol–water partition coefficient (Wildman–Crippen LogP) is 13.4. The van der Waals surface area contributed by atoms with Gasteiger partial charge >= 0.3 is 0 Å². The number of carbonyl (C=O) groups is 2. The van der Waals surface area contributed by atoms with Gasteiger partial charge in [-0.2, -0.15) is 0 Å². The number of hydrogen-bond donors (Lipinski definition) is 2. The lowest BCUT2D eigenvalue weighted by atomic mass is 9.55. The van der Waals surface area contributed by atoms with Crippen LogP contribution in [0, 0.1) is 58.2 Å². The van der Waals surface area contributed by atoms with E-state index < -0.39 is 0 Å². The molecule has 8 rings (SSSR count). The van der Waals surface area contributed by atoms with E-state index in [4.69, 9.17) is 9.47 Å². The number of fused-ring (bicyclic) bond motifs is 6. The van der Waals surface area contributed by atoms with E-state index >= 15 is 0 Å². The zero-order chi connectivity index (χ0) is 44.5. The topological polar surface area (TPSA) is 76.7 Å². The van der Waals surface area contributed by atoms with Crippen LogP contribution in [0.2, 0.25) is 0 Å². The maximum absolute atomic E-state index is 12.7. The quantitative estimate of drug-likeness (QED) is 0.250. The molecule has 0 spiro atoms. The zero-order valence-electron chi connectivity index (χ0n) is 40.6. The molecule has 6 saturated carbocycles. The summed E-state index contributed by atoms with van der Waals surface area (Å²) in [5.74, 6) is 6.48. The second-order valence-corrected chi connectivity index (χ2v) is 23.9. The summed E-state index contributed by atoms with van der Waals surface area (Å²) in [6.45, 7) is 22.4. The third-order valence-corrected chi connectivity index (χ3v) is 17.4. The first-order chi connectivity index (χ1) is 29.3. The number of carbonyl (C=O) groups excluding carboxylic acids is 2. The van der Waals surface area contributed by atoms with Crippen molar-refractivity contribution < 1.29 is 19.1 Å². The summed E-state index contributed by atoms with van der Waals surface area (Å²) in [7, 11) is 0. The van der Waals surface area contributed by atoms with E-state index in [9.17, 15) is 9.59 Å². The first kappa shape index (κ1) is 47.3. The molecule has 344 valence electrons. The normalized spacial score (nSPS) is 36.4. The molecule has 2 N–H and O–H groups in total. The van der Waals surface area contributed by atoms with Gasteiger partial charge in [0.25, 0.3) is 0 Å². The molecule has 6 heteroatoms. The van der Waals surface area contributed by atoms with Crippen molar-refractivity contribution in [2.75, 3.05) is 0 Å². The Morgan fingerprint density at radius 3 is 1.29 bits per heavy atom. The summed E-state index contributed by atoms with van der Waals surface area (Å²) in [5.41, 5.74) is 2.95. The van der Waals surface area contributed by atoms with Crippen LogP contribution in [0.4, 0.5) is 0 Å². The highest BCUT2D eigenvalue weighted by molar-refractivity contribution is 5.77. The lowest BCUT2D eigenvalue weighted by Crippen LogP contribution is -2.47. The Kier molecular flexibility index (Phi) is 14.8. The highest BCUT2D eigenvalue weighted by atomic mass is 16.5. The van der Waals surface area contributed by atoms with Crippen molar-refractivity contribution in [3.05, 3.63) is 71.8 Å². The minimum atomic E-state index is -0.0542. The first-order valence-electron chi connectivity index (χ1n) is 25.4. The molecule has 6 fully saturated rings. The Balaban J connectivity index is 0.000000186. The summed E-state index contributed by atoms with van der Waals surface area (Å²) in [5, 5.41) is 6.46. The van der Waals surface area contributed by atoms with Crippen LogP contribution in [-0.2, 0) is 19.1 Å². The van der Waals surface area contributed by atoms with Crippen molar-refractivity contribution in [2.45, 2.75) is 207 Å². The SMILES string of the molecule is C[C@H](NC(=O)CC1CCC2C(CCC3(C)C2CC[C@@H]3OC(C)(C)C)C1)c1ccccc1.C[C@H](NC(=O)C[C@@H]1CC[C@@H]2[C@H](CC[C@]3(C)[C@@H](OC(C)(C)C)CC[C@@H]23)C1)c1ccccc1. The molecule has 62 heavy (non-hydrogen) atoms. The molecule has 2 amide bonds. The van der Waals surface area contributed by atoms with Crippen molar-refractivity contribution in [1.29, 1.82) is 0 Å². The molecule has 0 radical (unpaired) electrons. The maximum atomic E-state index is 12.7. The third-order valence-electron chi connectivity index (χ3n) is 17.4. The first-order valence-corrected chi connectivity index (χ1v) is 25.4. The van der Waals surface area contributed by atoms with E-state index in [0.29, 0.717) is 47.7 Å². The number of rotatable bonds is 10. The van der Waals surface area contributed by atoms with Crippen molar-refractivity contribution in [3.8, 4) is 0 Å². The van der Waals surface area contributed by atoms with Crippen molar-refractivity contribution in [1.82, 2.24) is 10.6 Å². The van der Waals surface area contributed by atoms with Gasteiger partial charge in [-0.25, -0.2) is 0 Å². The molecule has 6 aliphatic rings. The second kappa shape index (κ2) is 19.4. The van der Waals surface area contributed by atoms with Crippen LogP contribution in [0.5, 0.6) is 0 Å². The fourth-order valence-corrected chi connectivity index (χ4v) is 14.4. The van der Waals surface area contributed by atoms with Gasteiger partial charge in [-0.05, 0) is 215 Å². The third kappa shape index (κ3) is 11.2. The summed E-state index contributed by atoms with van der Waals surface area (Å²) in [4.78, 5) is 25.5. The molecule has 2 aromatic carbocycles. The van der Waals surface area contributed by atoms with E-state index in [1.165, 1.54) is 101 Å². The van der Waals surface area contributed by atoms with Gasteiger partial charge in [0.2, 0.25) is 11.8 Å². The Morgan fingerprint density at radius 2 is 0.935 bits per heavy atom. The number of amides is 2. The van der Waals surface area contributed by atoms with Gasteiger partial charge < -0.3 is 20.1 Å².